The highest BCUT2D eigenvalue weighted by molar-refractivity contribution is 6.05. The van der Waals surface area contributed by atoms with Crippen molar-refractivity contribution in [2.24, 2.45) is 0 Å². The predicted octanol–water partition coefficient (Wildman–Crippen LogP) is 3.45. The minimum absolute atomic E-state index is 0.0499. The van der Waals surface area contributed by atoms with Crippen LogP contribution in [0.25, 0.3) is 10.9 Å². The van der Waals surface area contributed by atoms with Gasteiger partial charge in [0.15, 0.2) is 0 Å². The van der Waals surface area contributed by atoms with Crippen molar-refractivity contribution in [2.45, 2.75) is 44.6 Å². The summed E-state index contributed by atoms with van der Waals surface area (Å²) in [7, 11) is 0. The number of carbonyl (C=O) groups is 1. The topological polar surface area (TPSA) is 48.4 Å². The fourth-order valence-electron chi connectivity index (χ4n) is 3.62. The zero-order valence-corrected chi connectivity index (χ0v) is 13.2. The van der Waals surface area contributed by atoms with Gasteiger partial charge in [0.25, 0.3) is 0 Å². The van der Waals surface area contributed by atoms with Crippen LogP contribution in [0.1, 0.15) is 47.3 Å². The Bertz CT molecular complexity index is 735. The van der Waals surface area contributed by atoms with Crippen LogP contribution in [0.3, 0.4) is 0 Å². The van der Waals surface area contributed by atoms with Crippen molar-refractivity contribution in [3.05, 3.63) is 41.1 Å². The van der Waals surface area contributed by atoms with Crippen molar-refractivity contribution in [3.8, 4) is 0 Å². The first kappa shape index (κ1) is 14.6. The lowest BCUT2D eigenvalue weighted by molar-refractivity contribution is -0.0300. The first-order chi connectivity index (χ1) is 11.3. The van der Waals surface area contributed by atoms with Crippen LogP contribution in [0.5, 0.6) is 0 Å². The first-order valence-corrected chi connectivity index (χ1v) is 8.52. The summed E-state index contributed by atoms with van der Waals surface area (Å²) in [6.07, 6.45) is 6.20. The van der Waals surface area contributed by atoms with Crippen LogP contribution in [0.15, 0.2) is 24.3 Å². The molecule has 0 amide bonds. The third-order valence-corrected chi connectivity index (χ3v) is 4.80. The molecule has 1 fully saturated rings. The summed E-state index contributed by atoms with van der Waals surface area (Å²) < 4.78 is 11.3. The average Bonchev–Trinajstić information content (AvgIpc) is 3.06. The molecule has 4 nitrogen and oxygen atoms in total. The molecule has 1 aromatic carbocycles. The number of hydrogen-bond acceptors (Lipinski definition) is 4. The van der Waals surface area contributed by atoms with E-state index in [1.807, 2.05) is 24.3 Å². The minimum Gasteiger partial charge on any atom is -0.459 e. The number of pyridine rings is 1. The van der Waals surface area contributed by atoms with Gasteiger partial charge in [0, 0.05) is 17.7 Å². The largest absolute Gasteiger partial charge is 0.459 e. The number of aromatic nitrogens is 1. The third-order valence-electron chi connectivity index (χ3n) is 4.80. The maximum absolute atomic E-state index is 12.8. The monoisotopic (exact) mass is 311 g/mol. The number of fused-ring (bicyclic) bond motifs is 2. The van der Waals surface area contributed by atoms with Crippen molar-refractivity contribution in [3.63, 3.8) is 0 Å². The molecule has 1 aliphatic heterocycles. The molecule has 4 heteroatoms. The number of ether oxygens (including phenoxy) is 2. The summed E-state index contributed by atoms with van der Waals surface area (Å²) in [4.78, 5) is 17.5. The first-order valence-electron chi connectivity index (χ1n) is 8.52. The molecule has 2 heterocycles. The molecule has 0 spiro atoms. The number of esters is 1. The van der Waals surface area contributed by atoms with Crippen LogP contribution >= 0.6 is 0 Å². The lowest BCUT2D eigenvalue weighted by Gasteiger charge is -2.22. The van der Waals surface area contributed by atoms with Gasteiger partial charge in [-0.2, -0.15) is 0 Å². The third kappa shape index (κ3) is 2.83. The van der Waals surface area contributed by atoms with Gasteiger partial charge < -0.3 is 9.47 Å². The molecule has 1 atom stereocenters. The highest BCUT2D eigenvalue weighted by Crippen LogP contribution is 2.30. The SMILES string of the molecule is O=C(OCC1CCCCO1)c1c2c(nc3ccccc13)CCC2. The molecule has 1 unspecified atom stereocenters. The van der Waals surface area contributed by atoms with Crippen LogP contribution in [0.4, 0.5) is 0 Å². The van der Waals surface area contributed by atoms with E-state index in [1.165, 1.54) is 0 Å². The van der Waals surface area contributed by atoms with Gasteiger partial charge in [-0.25, -0.2) is 4.79 Å². The van der Waals surface area contributed by atoms with Gasteiger partial charge in [0.2, 0.25) is 0 Å². The van der Waals surface area contributed by atoms with E-state index in [-0.39, 0.29) is 12.1 Å². The van der Waals surface area contributed by atoms with E-state index in [4.69, 9.17) is 14.5 Å². The highest BCUT2D eigenvalue weighted by Gasteiger charge is 2.25. The second-order valence-electron chi connectivity index (χ2n) is 6.37. The number of carbonyl (C=O) groups excluding carboxylic acids is 1. The summed E-state index contributed by atoms with van der Waals surface area (Å²) in [5.74, 6) is -0.226. The van der Waals surface area contributed by atoms with Crippen LogP contribution < -0.4 is 0 Å². The second-order valence-corrected chi connectivity index (χ2v) is 6.37. The van der Waals surface area contributed by atoms with E-state index in [0.29, 0.717) is 6.61 Å². The van der Waals surface area contributed by atoms with Gasteiger partial charge in [-0.15, -0.1) is 0 Å². The summed E-state index contributed by atoms with van der Waals surface area (Å²) in [5, 5.41) is 0.905. The Balaban J connectivity index is 1.63. The molecule has 0 N–H and O–H groups in total. The van der Waals surface area contributed by atoms with E-state index in [2.05, 4.69) is 0 Å². The molecular formula is C19H21NO3. The average molecular weight is 311 g/mol. The summed E-state index contributed by atoms with van der Waals surface area (Å²) in [5.41, 5.74) is 3.75. The van der Waals surface area contributed by atoms with E-state index >= 15 is 0 Å². The summed E-state index contributed by atoms with van der Waals surface area (Å²) >= 11 is 0. The molecule has 23 heavy (non-hydrogen) atoms. The van der Waals surface area contributed by atoms with Gasteiger partial charge in [-0.05, 0) is 50.2 Å². The highest BCUT2D eigenvalue weighted by atomic mass is 16.6. The van der Waals surface area contributed by atoms with Crippen LogP contribution in [0.2, 0.25) is 0 Å². The van der Waals surface area contributed by atoms with Gasteiger partial charge in [-0.1, -0.05) is 18.2 Å². The zero-order valence-electron chi connectivity index (χ0n) is 13.2. The summed E-state index contributed by atoms with van der Waals surface area (Å²) in [6, 6.07) is 7.84. The molecule has 2 aromatic rings. The Morgan fingerprint density at radius 1 is 1.22 bits per heavy atom. The fourth-order valence-corrected chi connectivity index (χ4v) is 3.62. The summed E-state index contributed by atoms with van der Waals surface area (Å²) in [6.45, 7) is 1.13. The molecule has 1 aliphatic carbocycles. The number of nitrogens with zero attached hydrogens (tertiary/aromatic N) is 1. The Labute approximate surface area is 135 Å². The second kappa shape index (κ2) is 6.28. The molecule has 0 bridgehead atoms. The smallest absolute Gasteiger partial charge is 0.339 e. The standard InChI is InChI=1S/C19H21NO3/c21-19(23-12-13-6-3-4-11-22-13)18-14-7-1-2-9-16(14)20-17-10-5-8-15(17)18/h1-2,7,9,13H,3-6,8,10-12H2. The minimum atomic E-state index is -0.226. The molecule has 0 radical (unpaired) electrons. The predicted molar refractivity (Wildman–Crippen MR) is 87.6 cm³/mol. The Hall–Kier alpha value is -1.94. The molecule has 1 aromatic heterocycles. The van der Waals surface area contributed by atoms with Crippen molar-refractivity contribution < 1.29 is 14.3 Å². The van der Waals surface area contributed by atoms with Crippen molar-refractivity contribution in [1.82, 2.24) is 4.98 Å². The Morgan fingerprint density at radius 3 is 3.00 bits per heavy atom. The molecular weight excluding hydrogens is 290 g/mol. The van der Waals surface area contributed by atoms with Crippen LogP contribution in [-0.2, 0) is 22.3 Å². The Morgan fingerprint density at radius 2 is 2.13 bits per heavy atom. The van der Waals surface area contributed by atoms with Crippen LogP contribution in [-0.4, -0.2) is 30.3 Å². The van der Waals surface area contributed by atoms with E-state index in [1.54, 1.807) is 0 Å². The Kier molecular flexibility index (Phi) is 4.00. The fraction of sp³-hybridized carbons (Fsp3) is 0.474. The van der Waals surface area contributed by atoms with Gasteiger partial charge in [-0.3, -0.25) is 4.98 Å². The number of benzene rings is 1. The zero-order chi connectivity index (χ0) is 15.6. The van der Waals surface area contributed by atoms with Crippen molar-refractivity contribution in [1.29, 1.82) is 0 Å². The molecule has 120 valence electrons. The molecule has 2 aliphatic rings. The van der Waals surface area contributed by atoms with Gasteiger partial charge in [0.05, 0.1) is 17.2 Å². The van der Waals surface area contributed by atoms with E-state index < -0.39 is 0 Å². The lowest BCUT2D eigenvalue weighted by atomic mass is 10.0. The molecule has 1 saturated heterocycles. The number of rotatable bonds is 3. The molecule has 4 rings (SSSR count). The van der Waals surface area contributed by atoms with Gasteiger partial charge in [0.1, 0.15) is 6.61 Å². The molecule has 0 saturated carbocycles. The van der Waals surface area contributed by atoms with E-state index in [0.717, 1.165) is 72.9 Å². The maximum Gasteiger partial charge on any atom is 0.339 e. The quantitative estimate of drug-likeness (QED) is 0.815. The van der Waals surface area contributed by atoms with Crippen molar-refractivity contribution in [2.75, 3.05) is 13.2 Å². The number of hydrogen-bond donors (Lipinski definition) is 0. The normalized spacial score (nSPS) is 20.4. The lowest BCUT2D eigenvalue weighted by Crippen LogP contribution is -2.26. The maximum atomic E-state index is 12.8. The number of aryl methyl sites for hydroxylation is 1. The van der Waals surface area contributed by atoms with Crippen molar-refractivity contribution >= 4 is 16.9 Å². The van der Waals surface area contributed by atoms with E-state index in [9.17, 15) is 4.79 Å². The van der Waals surface area contributed by atoms with Crippen LogP contribution in [0, 0.1) is 0 Å². The van der Waals surface area contributed by atoms with Gasteiger partial charge >= 0.3 is 5.97 Å². The number of para-hydroxylation sites is 1.